The van der Waals surface area contributed by atoms with E-state index in [4.69, 9.17) is 11.6 Å². The van der Waals surface area contributed by atoms with Gasteiger partial charge >= 0.3 is 5.57 Å². The third kappa shape index (κ3) is 3.67. The molecule has 0 aliphatic heterocycles. The van der Waals surface area contributed by atoms with Crippen LogP contribution in [0.3, 0.4) is 0 Å². The zero-order chi connectivity index (χ0) is 10.1. The molecule has 1 aromatic carbocycles. The standard InChI is InChI=1S/C7H3BrCl2F2O/c8-4-1-2-6(5(9)3-4)13-7(10,11)12/h1-3H. The second-order valence-electron chi connectivity index (χ2n) is 2.12. The SMILES string of the molecule is FC(F)(Cl)Oc1ccc(Br)cc1Cl. The lowest BCUT2D eigenvalue weighted by molar-refractivity contribution is -0.0964. The maximum Gasteiger partial charge on any atom is 0.487 e. The molecule has 0 bridgehead atoms. The van der Waals surface area contributed by atoms with E-state index >= 15 is 0 Å². The third-order valence-electron chi connectivity index (χ3n) is 1.12. The molecule has 6 heteroatoms. The van der Waals surface area contributed by atoms with Crippen molar-refractivity contribution in [1.29, 1.82) is 0 Å². The smallest absolute Gasteiger partial charge is 0.418 e. The molecule has 0 saturated carbocycles. The van der Waals surface area contributed by atoms with Crippen molar-refractivity contribution in [3.8, 4) is 5.75 Å². The summed E-state index contributed by atoms with van der Waals surface area (Å²) < 4.78 is 29.1. The van der Waals surface area contributed by atoms with Crippen LogP contribution in [0.4, 0.5) is 8.78 Å². The molecule has 0 radical (unpaired) electrons. The van der Waals surface area contributed by atoms with Crippen LogP contribution < -0.4 is 4.74 Å². The predicted molar refractivity (Wildman–Crippen MR) is 50.6 cm³/mol. The Morgan fingerprint density at radius 1 is 1.38 bits per heavy atom. The van der Waals surface area contributed by atoms with Gasteiger partial charge in [-0.3, -0.25) is 0 Å². The van der Waals surface area contributed by atoms with Crippen LogP contribution in [0, 0.1) is 0 Å². The van der Waals surface area contributed by atoms with E-state index in [1.165, 1.54) is 18.2 Å². The first kappa shape index (κ1) is 11.0. The number of benzene rings is 1. The zero-order valence-electron chi connectivity index (χ0n) is 6.03. The molecule has 0 unspecified atom stereocenters. The van der Waals surface area contributed by atoms with Crippen LogP contribution in [-0.2, 0) is 0 Å². The van der Waals surface area contributed by atoms with Gasteiger partial charge in [0, 0.05) is 16.1 Å². The summed E-state index contributed by atoms with van der Waals surface area (Å²) in [6, 6.07) is 4.24. The van der Waals surface area contributed by atoms with Crippen molar-refractivity contribution >= 4 is 39.1 Å². The Labute approximate surface area is 91.7 Å². The normalized spacial score (nSPS) is 11.5. The lowest BCUT2D eigenvalue weighted by Crippen LogP contribution is -2.15. The summed E-state index contributed by atoms with van der Waals surface area (Å²) >= 11 is 13.3. The van der Waals surface area contributed by atoms with Crippen LogP contribution in [-0.4, -0.2) is 5.57 Å². The van der Waals surface area contributed by atoms with E-state index in [0.29, 0.717) is 4.47 Å². The minimum Gasteiger partial charge on any atom is -0.418 e. The molecule has 0 saturated heterocycles. The number of alkyl halides is 3. The van der Waals surface area contributed by atoms with Crippen molar-refractivity contribution in [3.05, 3.63) is 27.7 Å². The van der Waals surface area contributed by atoms with Gasteiger partial charge in [0.1, 0.15) is 5.75 Å². The summed E-state index contributed by atoms with van der Waals surface area (Å²) in [5.41, 5.74) is -3.74. The molecule has 0 atom stereocenters. The first-order valence-corrected chi connectivity index (χ1v) is 4.64. The Balaban J connectivity index is 2.90. The number of ether oxygens (including phenoxy) is 1. The molecule has 13 heavy (non-hydrogen) atoms. The Bertz CT molecular complexity index is 314. The largest absolute Gasteiger partial charge is 0.487 e. The van der Waals surface area contributed by atoms with E-state index in [-0.39, 0.29) is 10.8 Å². The minimum absolute atomic E-state index is 0.0645. The van der Waals surface area contributed by atoms with Crippen LogP contribution in [0.15, 0.2) is 22.7 Å². The van der Waals surface area contributed by atoms with Crippen LogP contribution >= 0.6 is 39.1 Å². The molecule has 1 rings (SSSR count). The van der Waals surface area contributed by atoms with Gasteiger partial charge in [-0.25, -0.2) is 0 Å². The lowest BCUT2D eigenvalue weighted by atomic mass is 10.3. The molecular formula is C7H3BrCl2F2O. The van der Waals surface area contributed by atoms with Gasteiger partial charge < -0.3 is 4.74 Å². The van der Waals surface area contributed by atoms with E-state index in [0.717, 1.165) is 0 Å². The molecule has 0 aliphatic carbocycles. The molecule has 72 valence electrons. The van der Waals surface area contributed by atoms with E-state index in [1.54, 1.807) is 0 Å². The van der Waals surface area contributed by atoms with Crippen molar-refractivity contribution in [2.75, 3.05) is 0 Å². The molecule has 0 fully saturated rings. The summed E-state index contributed by atoms with van der Waals surface area (Å²) in [6.07, 6.45) is 0. The monoisotopic (exact) mass is 290 g/mol. The van der Waals surface area contributed by atoms with Crippen molar-refractivity contribution in [3.63, 3.8) is 0 Å². The average molecular weight is 292 g/mol. The number of hydrogen-bond acceptors (Lipinski definition) is 1. The first-order chi connectivity index (χ1) is 5.88. The molecular weight excluding hydrogens is 289 g/mol. The second kappa shape index (κ2) is 3.98. The highest BCUT2D eigenvalue weighted by molar-refractivity contribution is 9.10. The molecule has 0 spiro atoms. The molecule has 0 heterocycles. The summed E-state index contributed by atoms with van der Waals surface area (Å²) in [7, 11) is 0. The van der Waals surface area contributed by atoms with Gasteiger partial charge in [-0.1, -0.05) is 27.5 Å². The van der Waals surface area contributed by atoms with Gasteiger partial charge in [-0.15, -0.1) is 8.78 Å². The Kier molecular flexibility index (Phi) is 3.38. The molecule has 1 nitrogen and oxygen atoms in total. The fourth-order valence-electron chi connectivity index (χ4n) is 0.683. The highest BCUT2D eigenvalue weighted by atomic mass is 79.9. The van der Waals surface area contributed by atoms with Crippen molar-refractivity contribution in [2.45, 2.75) is 5.57 Å². The summed E-state index contributed by atoms with van der Waals surface area (Å²) in [5.74, 6) is -0.162. The fourth-order valence-corrected chi connectivity index (χ4v) is 1.48. The highest BCUT2D eigenvalue weighted by Crippen LogP contribution is 2.32. The average Bonchev–Trinajstić information content (AvgIpc) is 1.93. The zero-order valence-corrected chi connectivity index (χ0v) is 9.13. The Hall–Kier alpha value is -0.0600. The van der Waals surface area contributed by atoms with E-state index in [9.17, 15) is 8.78 Å². The summed E-state index contributed by atoms with van der Waals surface area (Å²) in [5, 5.41) is 0.0645. The number of rotatable bonds is 2. The first-order valence-electron chi connectivity index (χ1n) is 3.09. The van der Waals surface area contributed by atoms with Crippen molar-refractivity contribution in [1.82, 2.24) is 0 Å². The van der Waals surface area contributed by atoms with Gasteiger partial charge in [0.15, 0.2) is 0 Å². The maximum absolute atomic E-state index is 12.2. The predicted octanol–water partition coefficient (Wildman–Crippen LogP) is 4.27. The topological polar surface area (TPSA) is 9.23 Å². The lowest BCUT2D eigenvalue weighted by Gasteiger charge is -2.11. The van der Waals surface area contributed by atoms with Crippen LogP contribution in [0.2, 0.25) is 5.02 Å². The molecule has 0 amide bonds. The minimum atomic E-state index is -3.74. The van der Waals surface area contributed by atoms with Crippen LogP contribution in [0.1, 0.15) is 0 Å². The third-order valence-corrected chi connectivity index (χ3v) is 1.99. The Morgan fingerprint density at radius 2 is 2.00 bits per heavy atom. The van der Waals surface area contributed by atoms with Gasteiger partial charge in [-0.2, -0.15) is 0 Å². The second-order valence-corrected chi connectivity index (χ2v) is 3.89. The molecule has 0 N–H and O–H groups in total. The van der Waals surface area contributed by atoms with E-state index < -0.39 is 5.57 Å². The number of hydrogen-bond donors (Lipinski definition) is 0. The van der Waals surface area contributed by atoms with Gasteiger partial charge in [0.25, 0.3) is 0 Å². The Morgan fingerprint density at radius 3 is 2.46 bits per heavy atom. The molecule has 0 aliphatic rings. The van der Waals surface area contributed by atoms with Gasteiger partial charge in [0.2, 0.25) is 0 Å². The maximum atomic E-state index is 12.2. The quantitative estimate of drug-likeness (QED) is 0.740. The number of halogens is 5. The molecule has 0 aromatic heterocycles. The van der Waals surface area contributed by atoms with Crippen molar-refractivity contribution < 1.29 is 13.5 Å². The van der Waals surface area contributed by atoms with Gasteiger partial charge in [-0.05, 0) is 18.2 Å². The molecule has 1 aromatic rings. The summed E-state index contributed by atoms with van der Waals surface area (Å²) in [6.45, 7) is 0. The van der Waals surface area contributed by atoms with Crippen molar-refractivity contribution in [2.24, 2.45) is 0 Å². The fraction of sp³-hybridized carbons (Fsp3) is 0.143. The highest BCUT2D eigenvalue weighted by Gasteiger charge is 2.28. The van der Waals surface area contributed by atoms with E-state index in [1.807, 2.05) is 0 Å². The van der Waals surface area contributed by atoms with Gasteiger partial charge in [0.05, 0.1) is 5.02 Å². The summed E-state index contributed by atoms with van der Waals surface area (Å²) in [4.78, 5) is 0. The van der Waals surface area contributed by atoms with Crippen LogP contribution in [0.5, 0.6) is 5.75 Å². The van der Waals surface area contributed by atoms with Crippen LogP contribution in [0.25, 0.3) is 0 Å². The van der Waals surface area contributed by atoms with E-state index in [2.05, 4.69) is 32.3 Å².